The highest BCUT2D eigenvalue weighted by atomic mass is 32.2. The predicted molar refractivity (Wildman–Crippen MR) is 61.7 cm³/mol. The molecule has 0 aromatic carbocycles. The third kappa shape index (κ3) is 2.96. The minimum absolute atomic E-state index is 0.346. The lowest BCUT2D eigenvalue weighted by molar-refractivity contribution is 0.0691. The summed E-state index contributed by atoms with van der Waals surface area (Å²) >= 11 is 1.51. The van der Waals surface area contributed by atoms with Crippen molar-refractivity contribution in [1.82, 2.24) is 4.98 Å². The highest BCUT2D eigenvalue weighted by Gasteiger charge is 2.15. The van der Waals surface area contributed by atoms with E-state index >= 15 is 0 Å². The van der Waals surface area contributed by atoms with Gasteiger partial charge in [0.05, 0.1) is 5.56 Å². The van der Waals surface area contributed by atoms with Crippen molar-refractivity contribution in [2.24, 2.45) is 0 Å². The first-order valence-corrected chi connectivity index (χ1v) is 5.89. The Bertz CT molecular complexity index is 377. The lowest BCUT2D eigenvalue weighted by Gasteiger charge is -2.08. The van der Waals surface area contributed by atoms with Gasteiger partial charge in [-0.3, -0.25) is 0 Å². The summed E-state index contributed by atoms with van der Waals surface area (Å²) in [5.74, 6) is 0.00880. The Morgan fingerprint density at radius 2 is 2.20 bits per heavy atom. The number of pyridine rings is 1. The second-order valence-electron chi connectivity index (χ2n) is 3.41. The van der Waals surface area contributed by atoms with Crippen molar-refractivity contribution in [3.8, 4) is 0 Å². The fourth-order valence-electron chi connectivity index (χ4n) is 1.37. The fourth-order valence-corrected chi connectivity index (χ4v) is 2.36. The van der Waals surface area contributed by atoms with E-state index in [4.69, 9.17) is 5.11 Å². The third-order valence-corrected chi connectivity index (χ3v) is 3.15. The van der Waals surface area contributed by atoms with Crippen molar-refractivity contribution in [3.05, 3.63) is 22.9 Å². The van der Waals surface area contributed by atoms with Crippen molar-refractivity contribution < 1.29 is 9.90 Å². The summed E-state index contributed by atoms with van der Waals surface area (Å²) in [5, 5.41) is 9.72. The molecule has 82 valence electrons. The minimum atomic E-state index is -0.890. The lowest BCUT2D eigenvalue weighted by atomic mass is 10.1. The van der Waals surface area contributed by atoms with Crippen LogP contribution in [0.3, 0.4) is 0 Å². The van der Waals surface area contributed by atoms with Crippen molar-refractivity contribution in [2.45, 2.75) is 32.2 Å². The maximum Gasteiger partial charge on any atom is 0.338 e. The quantitative estimate of drug-likeness (QED) is 0.800. The molecule has 0 bridgehead atoms. The van der Waals surface area contributed by atoms with Crippen LogP contribution in [0.2, 0.25) is 0 Å². The van der Waals surface area contributed by atoms with E-state index < -0.39 is 5.97 Å². The van der Waals surface area contributed by atoms with Gasteiger partial charge in [-0.2, -0.15) is 0 Å². The van der Waals surface area contributed by atoms with Crippen LogP contribution in [0.25, 0.3) is 0 Å². The second-order valence-corrected chi connectivity index (χ2v) is 4.50. The van der Waals surface area contributed by atoms with E-state index in [1.54, 1.807) is 6.07 Å². The topological polar surface area (TPSA) is 50.2 Å². The Balaban J connectivity index is 3.14. The summed E-state index contributed by atoms with van der Waals surface area (Å²) in [6, 6.07) is 1.81. The van der Waals surface area contributed by atoms with E-state index in [9.17, 15) is 4.79 Å². The van der Waals surface area contributed by atoms with Crippen LogP contribution < -0.4 is 0 Å². The number of carboxylic acid groups (broad SMARTS) is 1. The first-order chi connectivity index (χ1) is 7.06. The fraction of sp³-hybridized carbons (Fsp3) is 0.455. The molecule has 0 radical (unpaired) electrons. The molecule has 0 aliphatic rings. The van der Waals surface area contributed by atoms with E-state index in [1.807, 2.05) is 13.8 Å². The van der Waals surface area contributed by atoms with E-state index in [1.165, 1.54) is 11.8 Å². The van der Waals surface area contributed by atoms with Gasteiger partial charge in [-0.15, -0.1) is 11.8 Å². The zero-order chi connectivity index (χ0) is 11.4. The molecular weight excluding hydrogens is 210 g/mol. The van der Waals surface area contributed by atoms with E-state index in [0.717, 1.165) is 23.4 Å². The van der Waals surface area contributed by atoms with Crippen LogP contribution in [-0.2, 0) is 0 Å². The molecule has 4 heteroatoms. The first kappa shape index (κ1) is 12.0. The van der Waals surface area contributed by atoms with Gasteiger partial charge in [-0.25, -0.2) is 9.78 Å². The van der Waals surface area contributed by atoms with Gasteiger partial charge in [0.15, 0.2) is 0 Å². The highest BCUT2D eigenvalue weighted by molar-refractivity contribution is 7.99. The van der Waals surface area contributed by atoms with Crippen molar-refractivity contribution >= 4 is 17.7 Å². The molecule has 0 unspecified atom stereocenters. The molecule has 1 aromatic heterocycles. The monoisotopic (exact) mass is 225 g/mol. The molecule has 1 aromatic rings. The number of aromatic carboxylic acids is 1. The van der Waals surface area contributed by atoms with Gasteiger partial charge >= 0.3 is 5.97 Å². The number of rotatable bonds is 4. The van der Waals surface area contributed by atoms with Crippen molar-refractivity contribution in [2.75, 3.05) is 5.75 Å². The molecule has 0 fully saturated rings. The Hall–Kier alpha value is -1.03. The van der Waals surface area contributed by atoms with Crippen LogP contribution in [0, 0.1) is 13.8 Å². The number of carbonyl (C=O) groups is 1. The largest absolute Gasteiger partial charge is 0.478 e. The summed E-state index contributed by atoms with van der Waals surface area (Å²) < 4.78 is 0. The van der Waals surface area contributed by atoms with Gasteiger partial charge in [0.25, 0.3) is 0 Å². The van der Waals surface area contributed by atoms with Crippen LogP contribution >= 0.6 is 11.8 Å². The van der Waals surface area contributed by atoms with Crippen LogP contribution in [0.15, 0.2) is 11.1 Å². The van der Waals surface area contributed by atoms with Crippen molar-refractivity contribution in [1.29, 1.82) is 0 Å². The summed E-state index contributed by atoms with van der Waals surface area (Å²) in [7, 11) is 0. The number of thioether (sulfide) groups is 1. The van der Waals surface area contributed by atoms with Crippen molar-refractivity contribution in [3.63, 3.8) is 0 Å². The van der Waals surface area contributed by atoms with Crippen LogP contribution in [0.4, 0.5) is 0 Å². The maximum atomic E-state index is 11.1. The molecule has 0 saturated heterocycles. The van der Waals surface area contributed by atoms with Gasteiger partial charge in [-0.1, -0.05) is 6.92 Å². The first-order valence-electron chi connectivity index (χ1n) is 4.90. The molecule has 3 nitrogen and oxygen atoms in total. The Kier molecular flexibility index (Phi) is 4.15. The standard InChI is InChI=1S/C11H15NO2S/c1-4-5-15-10-9(11(13)14)7(2)6-8(3)12-10/h6H,4-5H2,1-3H3,(H,13,14). The summed E-state index contributed by atoms with van der Waals surface area (Å²) in [6.45, 7) is 5.76. The van der Waals surface area contributed by atoms with Crippen LogP contribution in [-0.4, -0.2) is 21.8 Å². The molecule has 15 heavy (non-hydrogen) atoms. The normalized spacial score (nSPS) is 10.3. The van der Waals surface area contributed by atoms with E-state index in [0.29, 0.717) is 10.6 Å². The zero-order valence-electron chi connectivity index (χ0n) is 9.20. The molecule has 0 amide bonds. The van der Waals surface area contributed by atoms with E-state index in [2.05, 4.69) is 11.9 Å². The van der Waals surface area contributed by atoms with Crippen LogP contribution in [0.5, 0.6) is 0 Å². The molecule has 0 aliphatic heterocycles. The van der Waals surface area contributed by atoms with Gasteiger partial charge in [0, 0.05) is 5.69 Å². The zero-order valence-corrected chi connectivity index (χ0v) is 10.0. The van der Waals surface area contributed by atoms with Gasteiger partial charge in [0.2, 0.25) is 0 Å². The van der Waals surface area contributed by atoms with Gasteiger partial charge in [0.1, 0.15) is 5.03 Å². The van der Waals surface area contributed by atoms with Gasteiger partial charge in [-0.05, 0) is 37.7 Å². The minimum Gasteiger partial charge on any atom is -0.478 e. The molecule has 0 aliphatic carbocycles. The number of hydrogen-bond donors (Lipinski definition) is 1. The second kappa shape index (κ2) is 5.16. The summed E-state index contributed by atoms with van der Waals surface area (Å²) in [4.78, 5) is 15.3. The predicted octanol–water partition coefficient (Wildman–Crippen LogP) is 2.90. The Morgan fingerprint density at radius 3 is 2.73 bits per heavy atom. The number of hydrogen-bond acceptors (Lipinski definition) is 3. The number of carboxylic acids is 1. The molecule has 0 spiro atoms. The van der Waals surface area contributed by atoms with E-state index in [-0.39, 0.29) is 0 Å². The number of nitrogens with zero attached hydrogens (tertiary/aromatic N) is 1. The smallest absolute Gasteiger partial charge is 0.338 e. The summed E-state index contributed by atoms with van der Waals surface area (Å²) in [6.07, 6.45) is 1.01. The molecule has 1 N–H and O–H groups in total. The highest BCUT2D eigenvalue weighted by Crippen LogP contribution is 2.24. The maximum absolute atomic E-state index is 11.1. The Labute approximate surface area is 93.9 Å². The average molecular weight is 225 g/mol. The lowest BCUT2D eigenvalue weighted by Crippen LogP contribution is -2.05. The number of aryl methyl sites for hydroxylation is 2. The third-order valence-electron chi connectivity index (χ3n) is 1.97. The molecule has 0 atom stereocenters. The Morgan fingerprint density at radius 1 is 1.53 bits per heavy atom. The SMILES string of the molecule is CCCSc1nc(C)cc(C)c1C(=O)O. The number of aromatic nitrogens is 1. The molecular formula is C11H15NO2S. The summed E-state index contributed by atoms with van der Waals surface area (Å²) in [5.41, 5.74) is 2.00. The van der Waals surface area contributed by atoms with Gasteiger partial charge < -0.3 is 5.11 Å². The molecule has 0 saturated carbocycles. The molecule has 1 heterocycles. The van der Waals surface area contributed by atoms with Crippen LogP contribution in [0.1, 0.15) is 35.0 Å². The molecule has 1 rings (SSSR count). The average Bonchev–Trinajstić information content (AvgIpc) is 2.12.